The number of halogens is 3. The Morgan fingerprint density at radius 1 is 1.24 bits per heavy atom. The van der Waals surface area contributed by atoms with E-state index in [2.05, 4.69) is 10.6 Å². The van der Waals surface area contributed by atoms with Gasteiger partial charge in [-0.2, -0.15) is 13.2 Å². The van der Waals surface area contributed by atoms with E-state index in [1.807, 2.05) is 25.1 Å². The zero-order valence-corrected chi connectivity index (χ0v) is 13.3. The molecule has 3 rings (SSSR count). The number of benzene rings is 1. The second-order valence-corrected chi connectivity index (χ2v) is 5.94. The quantitative estimate of drug-likeness (QED) is 0.779. The summed E-state index contributed by atoms with van der Waals surface area (Å²) < 4.78 is 37.8. The number of anilines is 1. The van der Waals surface area contributed by atoms with Crippen molar-refractivity contribution in [1.29, 1.82) is 0 Å². The summed E-state index contributed by atoms with van der Waals surface area (Å²) in [6.45, 7) is 2.59. The molecule has 0 unspecified atom stereocenters. The molecular formula is C17H16F3N3O2. The van der Waals surface area contributed by atoms with Crippen LogP contribution in [0.3, 0.4) is 0 Å². The zero-order chi connectivity index (χ0) is 18.2. The lowest BCUT2D eigenvalue weighted by Gasteiger charge is -2.27. The van der Waals surface area contributed by atoms with Crippen LogP contribution in [0.25, 0.3) is 0 Å². The molecule has 0 saturated heterocycles. The fourth-order valence-electron chi connectivity index (χ4n) is 2.84. The molecule has 0 aliphatic carbocycles. The molecular weight excluding hydrogens is 335 g/mol. The molecule has 5 nitrogen and oxygen atoms in total. The van der Waals surface area contributed by atoms with Crippen molar-refractivity contribution < 1.29 is 18.0 Å². The third-order valence-corrected chi connectivity index (χ3v) is 4.10. The third-order valence-electron chi connectivity index (χ3n) is 4.10. The molecule has 1 aromatic carbocycles. The highest BCUT2D eigenvalue weighted by Crippen LogP contribution is 2.31. The minimum atomic E-state index is -4.67. The monoisotopic (exact) mass is 351 g/mol. The number of carbonyl (C=O) groups is 1. The number of aromatic nitrogens is 1. The molecule has 0 bridgehead atoms. The van der Waals surface area contributed by atoms with Gasteiger partial charge < -0.3 is 15.6 Å². The molecule has 8 heteroatoms. The molecule has 1 aromatic heterocycles. The summed E-state index contributed by atoms with van der Waals surface area (Å²) in [5, 5.41) is 5.97. The average molecular weight is 351 g/mol. The van der Waals surface area contributed by atoms with Crippen LogP contribution in [0, 0.1) is 6.92 Å². The Hall–Kier alpha value is -2.77. The van der Waals surface area contributed by atoms with Gasteiger partial charge in [-0.05, 0) is 42.7 Å². The molecule has 0 fully saturated rings. The Morgan fingerprint density at radius 2 is 2.00 bits per heavy atom. The van der Waals surface area contributed by atoms with E-state index in [1.165, 1.54) is 0 Å². The van der Waals surface area contributed by atoms with E-state index in [0.29, 0.717) is 19.0 Å². The second-order valence-electron chi connectivity index (χ2n) is 5.94. The van der Waals surface area contributed by atoms with Crippen molar-refractivity contribution in [1.82, 2.24) is 10.3 Å². The van der Waals surface area contributed by atoms with Crippen molar-refractivity contribution in [2.24, 2.45) is 0 Å². The topological polar surface area (TPSA) is 74.0 Å². The van der Waals surface area contributed by atoms with E-state index in [1.54, 1.807) is 4.98 Å². The van der Waals surface area contributed by atoms with Crippen LogP contribution in [0.2, 0.25) is 0 Å². The van der Waals surface area contributed by atoms with Gasteiger partial charge in [0.1, 0.15) is 11.3 Å². The fourth-order valence-corrected chi connectivity index (χ4v) is 2.84. The van der Waals surface area contributed by atoms with Crippen molar-refractivity contribution in [2.75, 3.05) is 11.9 Å². The van der Waals surface area contributed by atoms with Crippen molar-refractivity contribution in [3.63, 3.8) is 0 Å². The van der Waals surface area contributed by atoms with Crippen LogP contribution in [-0.4, -0.2) is 17.4 Å². The van der Waals surface area contributed by atoms with E-state index in [9.17, 15) is 22.8 Å². The number of fused-ring (bicyclic) bond motifs is 1. The number of aromatic amines is 1. The van der Waals surface area contributed by atoms with Crippen molar-refractivity contribution in [3.8, 4) is 0 Å². The first-order chi connectivity index (χ1) is 11.8. The number of carbonyl (C=O) groups excluding carboxylic acids is 1. The van der Waals surface area contributed by atoms with Crippen LogP contribution in [0.4, 0.5) is 18.9 Å². The van der Waals surface area contributed by atoms with Crippen LogP contribution in [0.5, 0.6) is 0 Å². The molecule has 2 aromatic rings. The Labute approximate surface area is 141 Å². The lowest BCUT2D eigenvalue weighted by atomic mass is 9.96. The van der Waals surface area contributed by atoms with Gasteiger partial charge in [0.15, 0.2) is 0 Å². The molecule has 1 aliphatic rings. The molecule has 0 spiro atoms. The number of rotatable bonds is 2. The van der Waals surface area contributed by atoms with Crippen molar-refractivity contribution in [3.05, 3.63) is 63.1 Å². The summed E-state index contributed by atoms with van der Waals surface area (Å²) in [5.41, 5.74) is 0.256. The van der Waals surface area contributed by atoms with Crippen LogP contribution in [0.1, 0.15) is 39.6 Å². The standard InChI is InChI=1S/C17H16F3N3O2/c1-9-2-3-10-12(6-7-21-13(10)8-9)22-15(24)11-4-5-14(17(18,19)20)23-16(11)25/h2-5,8,12,21H,6-7H2,1H3,(H,22,24)(H,23,25)/t12-/m1/s1. The highest BCUT2D eigenvalue weighted by molar-refractivity contribution is 5.94. The maximum absolute atomic E-state index is 12.6. The van der Waals surface area contributed by atoms with Gasteiger partial charge in [-0.1, -0.05) is 12.1 Å². The lowest BCUT2D eigenvalue weighted by Crippen LogP contribution is -2.36. The second kappa shape index (κ2) is 6.27. The predicted octanol–water partition coefficient (Wildman–Crippen LogP) is 2.99. The highest BCUT2D eigenvalue weighted by Gasteiger charge is 2.32. The number of H-pyrrole nitrogens is 1. The first kappa shape index (κ1) is 17.1. The van der Waals surface area contributed by atoms with Gasteiger partial charge in [0.05, 0.1) is 6.04 Å². The SMILES string of the molecule is Cc1ccc2c(c1)NCC[C@H]2NC(=O)c1ccc(C(F)(F)F)[nH]c1=O. The molecule has 0 saturated carbocycles. The van der Waals surface area contributed by atoms with Gasteiger partial charge in [-0.3, -0.25) is 9.59 Å². The summed E-state index contributed by atoms with van der Waals surface area (Å²) in [5.74, 6) is -0.701. The first-order valence-corrected chi connectivity index (χ1v) is 7.71. The van der Waals surface area contributed by atoms with Crippen LogP contribution >= 0.6 is 0 Å². The lowest BCUT2D eigenvalue weighted by molar-refractivity contribution is -0.141. The summed E-state index contributed by atoms with van der Waals surface area (Å²) in [7, 11) is 0. The van der Waals surface area contributed by atoms with E-state index in [-0.39, 0.29) is 11.6 Å². The van der Waals surface area contributed by atoms with Crippen molar-refractivity contribution in [2.45, 2.75) is 25.6 Å². The number of nitrogens with one attached hydrogen (secondary N) is 3. The molecule has 2 heterocycles. The van der Waals surface area contributed by atoms with Gasteiger partial charge in [-0.25, -0.2) is 0 Å². The Morgan fingerprint density at radius 3 is 2.68 bits per heavy atom. The first-order valence-electron chi connectivity index (χ1n) is 7.71. The number of alkyl halides is 3. The summed E-state index contributed by atoms with van der Waals surface area (Å²) in [6, 6.07) is 7.03. The van der Waals surface area contributed by atoms with E-state index >= 15 is 0 Å². The molecule has 3 N–H and O–H groups in total. The molecule has 25 heavy (non-hydrogen) atoms. The summed E-state index contributed by atoms with van der Waals surface area (Å²) in [4.78, 5) is 25.9. The Bertz CT molecular complexity index is 874. The molecule has 1 aliphatic heterocycles. The smallest absolute Gasteiger partial charge is 0.385 e. The molecule has 1 atom stereocenters. The van der Waals surface area contributed by atoms with E-state index in [0.717, 1.165) is 22.9 Å². The minimum absolute atomic E-state index is 0.314. The number of aryl methyl sites for hydroxylation is 1. The predicted molar refractivity (Wildman–Crippen MR) is 86.6 cm³/mol. The van der Waals surface area contributed by atoms with Crippen LogP contribution in [-0.2, 0) is 6.18 Å². The third kappa shape index (κ3) is 3.52. The maximum Gasteiger partial charge on any atom is 0.431 e. The maximum atomic E-state index is 12.6. The Balaban J connectivity index is 1.84. The van der Waals surface area contributed by atoms with Crippen molar-refractivity contribution >= 4 is 11.6 Å². The highest BCUT2D eigenvalue weighted by atomic mass is 19.4. The molecule has 132 valence electrons. The minimum Gasteiger partial charge on any atom is -0.385 e. The van der Waals surface area contributed by atoms with Crippen LogP contribution < -0.4 is 16.2 Å². The van der Waals surface area contributed by atoms with Gasteiger partial charge >= 0.3 is 6.18 Å². The van der Waals surface area contributed by atoms with Gasteiger partial charge in [0, 0.05) is 12.2 Å². The molecule has 0 radical (unpaired) electrons. The zero-order valence-electron chi connectivity index (χ0n) is 13.3. The van der Waals surface area contributed by atoms with E-state index < -0.39 is 23.3 Å². The normalized spacial score (nSPS) is 16.7. The van der Waals surface area contributed by atoms with Gasteiger partial charge in [0.2, 0.25) is 0 Å². The fraction of sp³-hybridized carbons (Fsp3) is 0.294. The van der Waals surface area contributed by atoms with Crippen LogP contribution in [0.15, 0.2) is 35.1 Å². The summed E-state index contributed by atoms with van der Waals surface area (Å²) in [6.07, 6.45) is -4.06. The largest absolute Gasteiger partial charge is 0.431 e. The molecule has 1 amide bonds. The average Bonchev–Trinajstić information content (AvgIpc) is 2.53. The number of hydrogen-bond acceptors (Lipinski definition) is 3. The Kier molecular flexibility index (Phi) is 4.28. The number of pyridine rings is 1. The number of hydrogen-bond donors (Lipinski definition) is 3. The van der Waals surface area contributed by atoms with Gasteiger partial charge in [0.25, 0.3) is 11.5 Å². The number of amides is 1. The summed E-state index contributed by atoms with van der Waals surface area (Å²) >= 11 is 0. The van der Waals surface area contributed by atoms with E-state index in [4.69, 9.17) is 0 Å². The van der Waals surface area contributed by atoms with Gasteiger partial charge in [-0.15, -0.1) is 0 Å².